The molecule has 3 N–H and O–H groups in total. The molecule has 3 aromatic carbocycles. The Morgan fingerprint density at radius 2 is 1.40 bits per heavy atom. The van der Waals surface area contributed by atoms with Gasteiger partial charge in [-0.2, -0.15) is 0 Å². The van der Waals surface area contributed by atoms with E-state index in [0.29, 0.717) is 158 Å². The van der Waals surface area contributed by atoms with Crippen molar-refractivity contribution in [1.82, 2.24) is 34.6 Å². The van der Waals surface area contributed by atoms with Gasteiger partial charge in [0, 0.05) is 67.2 Å². The lowest BCUT2D eigenvalue weighted by Crippen LogP contribution is -2.54. The standard InChI is InChI=1S/C68H89FN10O13/c1-46(2)78-45-71-58-42-56(72-64(63(58)78)73-57-38-49(43-80)47(3)37-54(57)69)48-11-12-53(60(39-48)75(4)50-40-51(41-50)77-18-6-5-7-19-77)68(44-81)15-20-76(21-16-68)22-24-87-26-28-89-30-32-91-34-36-92-35-33-90-31-29-88-27-25-86-23-17-70-55-10-8-9-52-62(55)67(85)79(66(52)84)59-13-14-61(82)74-65(59)83/h8-12,37-39,42-46,50-51,59,70H,5-7,13-36,40-41H2,1-4H3,(H,72,73)(H,74,82,83). The molecular formula is C68H89FN10O13. The number of nitrogens with zero attached hydrogens (tertiary/aromatic N) is 7. The van der Waals surface area contributed by atoms with E-state index >= 15 is 4.39 Å². The predicted molar refractivity (Wildman–Crippen MR) is 345 cm³/mol. The smallest absolute Gasteiger partial charge is 0.264 e. The highest BCUT2D eigenvalue weighted by Gasteiger charge is 2.46. The molecule has 0 radical (unpaired) electrons. The number of halogens is 1. The van der Waals surface area contributed by atoms with Crippen LogP contribution in [0.15, 0.2) is 60.9 Å². The number of hydrogen-bond donors (Lipinski definition) is 3. The molecule has 4 aliphatic heterocycles. The molecule has 5 aromatic rings. The number of likely N-dealkylation sites (tertiary alicyclic amines) is 2. The number of pyridine rings is 1. The molecule has 1 unspecified atom stereocenters. The summed E-state index contributed by atoms with van der Waals surface area (Å²) in [6.07, 6.45) is 11.1. The zero-order valence-corrected chi connectivity index (χ0v) is 53.6. The summed E-state index contributed by atoms with van der Waals surface area (Å²) in [5, 5.41) is 8.60. The molecule has 1 atom stereocenters. The maximum atomic E-state index is 15.6. The molecule has 0 spiro atoms. The van der Waals surface area contributed by atoms with Crippen LogP contribution in [0.2, 0.25) is 0 Å². The van der Waals surface area contributed by atoms with E-state index in [2.05, 4.69) is 69.7 Å². The zero-order chi connectivity index (χ0) is 64.6. The molecule has 4 fully saturated rings. The molecule has 3 saturated heterocycles. The molecule has 2 aromatic heterocycles. The fraction of sp³-hybridized carbons (Fsp3) is 0.559. The summed E-state index contributed by atoms with van der Waals surface area (Å²) in [6.45, 7) is 16.6. The lowest BCUT2D eigenvalue weighted by molar-refractivity contribution is -0.136. The van der Waals surface area contributed by atoms with Gasteiger partial charge in [0.15, 0.2) is 5.82 Å². The highest BCUT2D eigenvalue weighted by Crippen LogP contribution is 2.44. The summed E-state index contributed by atoms with van der Waals surface area (Å²) in [6, 6.07) is 16.0. The second kappa shape index (κ2) is 32.6. The van der Waals surface area contributed by atoms with Gasteiger partial charge in [-0.3, -0.25) is 34.2 Å². The number of amides is 4. The van der Waals surface area contributed by atoms with Crippen LogP contribution in [0.1, 0.15) is 120 Å². The number of imidazole rings is 1. The predicted octanol–water partition coefficient (Wildman–Crippen LogP) is 7.30. The molecule has 92 heavy (non-hydrogen) atoms. The van der Waals surface area contributed by atoms with Crippen molar-refractivity contribution in [3.8, 4) is 11.3 Å². The fourth-order valence-electron chi connectivity index (χ4n) is 12.9. The van der Waals surface area contributed by atoms with E-state index in [9.17, 15) is 28.8 Å². The highest BCUT2D eigenvalue weighted by atomic mass is 19.1. The minimum atomic E-state index is -1.03. The van der Waals surface area contributed by atoms with Crippen LogP contribution in [0.4, 0.5) is 27.3 Å². The van der Waals surface area contributed by atoms with E-state index in [1.165, 1.54) is 37.7 Å². The van der Waals surface area contributed by atoms with Crippen LogP contribution in [0.25, 0.3) is 22.3 Å². The number of anilines is 4. The maximum Gasteiger partial charge on any atom is 0.264 e. The van der Waals surface area contributed by atoms with Crippen LogP contribution < -0.4 is 20.9 Å². The summed E-state index contributed by atoms with van der Waals surface area (Å²) in [7, 11) is 2.17. The van der Waals surface area contributed by atoms with Gasteiger partial charge in [0.1, 0.15) is 29.9 Å². The van der Waals surface area contributed by atoms with E-state index in [1.54, 1.807) is 31.5 Å². The largest absolute Gasteiger partial charge is 0.382 e. The Hall–Kier alpha value is -7.13. The lowest BCUT2D eigenvalue weighted by atomic mass is 9.72. The molecule has 4 amide bonds. The number of carbonyl (C=O) groups is 6. The van der Waals surface area contributed by atoms with Crippen LogP contribution in [-0.4, -0.2) is 222 Å². The third-order valence-electron chi connectivity index (χ3n) is 18.4. The van der Waals surface area contributed by atoms with Crippen LogP contribution in [0, 0.1) is 12.7 Å². The molecule has 24 heteroatoms. The van der Waals surface area contributed by atoms with E-state index in [1.807, 2.05) is 10.6 Å². The summed E-state index contributed by atoms with van der Waals surface area (Å²) in [5.74, 6) is -2.26. The van der Waals surface area contributed by atoms with Crippen LogP contribution in [-0.2, 0) is 53.0 Å². The van der Waals surface area contributed by atoms with Crippen LogP contribution in [0.5, 0.6) is 0 Å². The topological polar surface area (TPSA) is 247 Å². The van der Waals surface area contributed by atoms with E-state index in [-0.39, 0.29) is 35.7 Å². The molecule has 5 aliphatic rings. The van der Waals surface area contributed by atoms with Gasteiger partial charge in [0.2, 0.25) is 11.8 Å². The average Bonchev–Trinajstić information content (AvgIpc) is 1.31. The Morgan fingerprint density at radius 3 is 2.02 bits per heavy atom. The van der Waals surface area contributed by atoms with Gasteiger partial charge in [0.25, 0.3) is 11.8 Å². The third kappa shape index (κ3) is 16.4. The minimum absolute atomic E-state index is 0.0445. The Balaban J connectivity index is 0.590. The van der Waals surface area contributed by atoms with Crippen LogP contribution >= 0.6 is 0 Å². The number of nitrogens with one attached hydrogen (secondary N) is 3. The summed E-state index contributed by atoms with van der Waals surface area (Å²) in [5.41, 5.74) is 6.25. The van der Waals surface area contributed by atoms with Crippen molar-refractivity contribution in [3.63, 3.8) is 0 Å². The number of aromatic nitrogens is 3. The van der Waals surface area contributed by atoms with Gasteiger partial charge < -0.3 is 67.9 Å². The van der Waals surface area contributed by atoms with E-state index in [0.717, 1.165) is 79.1 Å². The maximum absolute atomic E-state index is 15.6. The van der Waals surface area contributed by atoms with Crippen molar-refractivity contribution in [1.29, 1.82) is 0 Å². The Kier molecular flexibility index (Phi) is 24.0. The number of fused-ring (bicyclic) bond motifs is 2. The summed E-state index contributed by atoms with van der Waals surface area (Å²) < 4.78 is 57.4. The van der Waals surface area contributed by atoms with Crippen molar-refractivity contribution in [2.75, 3.05) is 154 Å². The average molecular weight is 1270 g/mol. The van der Waals surface area contributed by atoms with Crippen molar-refractivity contribution in [2.24, 2.45) is 0 Å². The Bertz CT molecular complexity index is 3360. The Labute approximate surface area is 537 Å². The molecule has 23 nitrogen and oxygen atoms in total. The number of carbonyl (C=O) groups excluding carboxylic acids is 6. The Morgan fingerprint density at radius 1 is 0.761 bits per heavy atom. The summed E-state index contributed by atoms with van der Waals surface area (Å²) in [4.78, 5) is 94.2. The van der Waals surface area contributed by atoms with Gasteiger partial charge in [0.05, 0.1) is 132 Å². The number of hydrogen-bond acceptors (Lipinski definition) is 20. The molecule has 10 rings (SSSR count). The summed E-state index contributed by atoms with van der Waals surface area (Å²) >= 11 is 0. The van der Waals surface area contributed by atoms with Crippen molar-refractivity contribution < 1.29 is 66.3 Å². The van der Waals surface area contributed by atoms with E-state index in [4.69, 9.17) is 43.1 Å². The normalized spacial score (nSPS) is 19.4. The van der Waals surface area contributed by atoms with Crippen molar-refractivity contribution in [3.05, 3.63) is 94.6 Å². The molecular weight excluding hydrogens is 1180 g/mol. The minimum Gasteiger partial charge on any atom is -0.382 e. The second-order valence-electron chi connectivity index (χ2n) is 24.6. The third-order valence-corrected chi connectivity index (χ3v) is 18.4. The van der Waals surface area contributed by atoms with Gasteiger partial charge in [-0.15, -0.1) is 0 Å². The second-order valence-corrected chi connectivity index (χ2v) is 24.6. The first-order chi connectivity index (χ1) is 44.8. The lowest BCUT2D eigenvalue weighted by Gasteiger charge is -2.49. The molecule has 0 bridgehead atoms. The SMILES string of the molecule is Cc1cc(F)c(Nc2nc(-c3ccc(C4(C=O)CCN(CCOCCOCCOCCOCCOCCOCCOCCNc5cccc6c5C(=O)N(C5CCC(=O)NC5=O)C6=O)CC4)c(N(C)C4CC(N5CCCCC5)C4)c3)cc3ncn(C(C)C)c23)cc1C=O. The monoisotopic (exact) mass is 1270 g/mol. The van der Waals surface area contributed by atoms with Crippen LogP contribution in [0.3, 0.4) is 0 Å². The van der Waals surface area contributed by atoms with Gasteiger partial charge in [-0.05, 0) is 139 Å². The van der Waals surface area contributed by atoms with E-state index < -0.39 is 40.9 Å². The van der Waals surface area contributed by atoms with Gasteiger partial charge in [-0.1, -0.05) is 24.6 Å². The van der Waals surface area contributed by atoms with Gasteiger partial charge in [-0.25, -0.2) is 14.4 Å². The number of aryl methyl sites for hydroxylation is 1. The van der Waals surface area contributed by atoms with Crippen molar-refractivity contribution >= 4 is 70.1 Å². The molecule has 496 valence electrons. The molecule has 1 saturated carbocycles. The number of aldehydes is 2. The fourth-order valence-corrected chi connectivity index (χ4v) is 12.9. The number of benzene rings is 3. The first-order valence-electron chi connectivity index (χ1n) is 32.6. The zero-order valence-electron chi connectivity index (χ0n) is 53.6. The van der Waals surface area contributed by atoms with Crippen molar-refractivity contribution in [2.45, 2.75) is 108 Å². The van der Waals surface area contributed by atoms with Gasteiger partial charge >= 0.3 is 0 Å². The number of piperidine rings is 3. The molecule has 6 heterocycles. The number of ether oxygens (including phenoxy) is 7. The number of imide groups is 2. The number of rotatable bonds is 36. The first kappa shape index (κ1) is 67.8. The molecule has 1 aliphatic carbocycles. The quantitative estimate of drug-likeness (QED) is 0.0202. The highest BCUT2D eigenvalue weighted by molar-refractivity contribution is 6.25. The first-order valence-corrected chi connectivity index (χ1v) is 32.6.